The summed E-state index contributed by atoms with van der Waals surface area (Å²) in [4.78, 5) is 0. The molecule has 3 heteroatoms. The lowest BCUT2D eigenvalue weighted by atomic mass is 9.87. The normalized spacial score (nSPS) is 11.5. The fourth-order valence-corrected chi connectivity index (χ4v) is 3.30. The number of hydrogen-bond donors (Lipinski definition) is 1. The third kappa shape index (κ3) is 8.10. The molecule has 0 saturated carbocycles. The molecule has 0 unspecified atom stereocenters. The van der Waals surface area contributed by atoms with Crippen LogP contribution >= 0.6 is 0 Å². The van der Waals surface area contributed by atoms with Crippen LogP contribution in [0.15, 0.2) is 42.5 Å². The Morgan fingerprint density at radius 2 is 1.45 bits per heavy atom. The zero-order valence-electron chi connectivity index (χ0n) is 19.0. The van der Waals surface area contributed by atoms with Gasteiger partial charge in [-0.1, -0.05) is 83.7 Å². The summed E-state index contributed by atoms with van der Waals surface area (Å²) in [7, 11) is 1.71. The van der Waals surface area contributed by atoms with E-state index in [1.165, 1.54) is 42.4 Å². The van der Waals surface area contributed by atoms with Crippen LogP contribution in [0.25, 0.3) is 0 Å². The van der Waals surface area contributed by atoms with Crippen molar-refractivity contribution in [1.29, 1.82) is 0 Å². The molecule has 0 saturated heterocycles. The van der Waals surface area contributed by atoms with Crippen molar-refractivity contribution in [2.45, 2.75) is 78.3 Å². The van der Waals surface area contributed by atoms with Gasteiger partial charge in [0.15, 0.2) is 11.5 Å². The molecular weight excluding hydrogens is 358 g/mol. The van der Waals surface area contributed by atoms with Gasteiger partial charge in [-0.05, 0) is 40.7 Å². The standard InChI is InChI=1S/C26H39NO2/c1-6-7-8-9-10-17-29-24-16-13-22(18-25(24)28-5)20-27-19-21-11-14-23(15-12-21)26(2,3)4/h11-16,18,27H,6-10,17,19-20H2,1-5H3. The van der Waals surface area contributed by atoms with Gasteiger partial charge in [0.2, 0.25) is 0 Å². The maximum absolute atomic E-state index is 5.93. The number of nitrogens with one attached hydrogen (secondary N) is 1. The minimum absolute atomic E-state index is 0.196. The van der Waals surface area contributed by atoms with Crippen molar-refractivity contribution in [1.82, 2.24) is 5.32 Å². The Labute approximate surface area is 177 Å². The Balaban J connectivity index is 1.80. The highest BCUT2D eigenvalue weighted by Crippen LogP contribution is 2.28. The number of ether oxygens (including phenoxy) is 2. The molecule has 2 aromatic carbocycles. The van der Waals surface area contributed by atoms with Crippen LogP contribution in [0.5, 0.6) is 11.5 Å². The molecule has 0 aliphatic heterocycles. The van der Waals surface area contributed by atoms with Crippen molar-refractivity contribution in [3.05, 3.63) is 59.2 Å². The second-order valence-corrected chi connectivity index (χ2v) is 8.80. The maximum Gasteiger partial charge on any atom is 0.161 e. The molecule has 0 fully saturated rings. The minimum Gasteiger partial charge on any atom is -0.493 e. The van der Waals surface area contributed by atoms with Crippen LogP contribution in [0.2, 0.25) is 0 Å². The summed E-state index contributed by atoms with van der Waals surface area (Å²) < 4.78 is 11.5. The molecule has 0 spiro atoms. The predicted octanol–water partition coefficient (Wildman–Crippen LogP) is 6.63. The SMILES string of the molecule is CCCCCCCOc1ccc(CNCc2ccc(C(C)(C)C)cc2)cc1OC. The average Bonchev–Trinajstić information content (AvgIpc) is 2.71. The topological polar surface area (TPSA) is 30.5 Å². The lowest BCUT2D eigenvalue weighted by Crippen LogP contribution is -2.14. The Morgan fingerprint density at radius 1 is 0.793 bits per heavy atom. The van der Waals surface area contributed by atoms with Crippen LogP contribution in [-0.2, 0) is 18.5 Å². The van der Waals surface area contributed by atoms with E-state index in [2.05, 4.69) is 69.4 Å². The second-order valence-electron chi connectivity index (χ2n) is 8.80. The molecule has 0 amide bonds. The van der Waals surface area contributed by atoms with E-state index in [9.17, 15) is 0 Å². The number of rotatable bonds is 12. The van der Waals surface area contributed by atoms with Crippen molar-refractivity contribution in [3.63, 3.8) is 0 Å². The van der Waals surface area contributed by atoms with Gasteiger partial charge in [-0.3, -0.25) is 0 Å². The highest BCUT2D eigenvalue weighted by Gasteiger charge is 2.12. The molecule has 0 atom stereocenters. The van der Waals surface area contributed by atoms with E-state index in [4.69, 9.17) is 9.47 Å². The number of methoxy groups -OCH3 is 1. The third-order valence-electron chi connectivity index (χ3n) is 5.21. The predicted molar refractivity (Wildman–Crippen MR) is 123 cm³/mol. The van der Waals surface area contributed by atoms with Crippen LogP contribution in [0, 0.1) is 0 Å². The van der Waals surface area contributed by atoms with E-state index in [1.807, 2.05) is 6.07 Å². The summed E-state index contributed by atoms with van der Waals surface area (Å²) in [5.41, 5.74) is 4.06. The second kappa shape index (κ2) is 11.9. The van der Waals surface area contributed by atoms with Gasteiger partial charge < -0.3 is 14.8 Å². The molecule has 3 nitrogen and oxygen atoms in total. The number of hydrogen-bond acceptors (Lipinski definition) is 3. The highest BCUT2D eigenvalue weighted by atomic mass is 16.5. The van der Waals surface area contributed by atoms with Crippen LogP contribution in [0.3, 0.4) is 0 Å². The molecule has 2 aromatic rings. The summed E-state index contributed by atoms with van der Waals surface area (Å²) in [6.07, 6.45) is 6.20. The molecular formula is C26H39NO2. The lowest BCUT2D eigenvalue weighted by molar-refractivity contribution is 0.284. The van der Waals surface area contributed by atoms with Crippen molar-refractivity contribution < 1.29 is 9.47 Å². The van der Waals surface area contributed by atoms with Crippen LogP contribution in [0.1, 0.15) is 76.5 Å². The van der Waals surface area contributed by atoms with Gasteiger partial charge in [-0.15, -0.1) is 0 Å². The fraction of sp³-hybridized carbons (Fsp3) is 0.538. The van der Waals surface area contributed by atoms with Gasteiger partial charge in [0.25, 0.3) is 0 Å². The molecule has 0 heterocycles. The first-order chi connectivity index (χ1) is 13.9. The Bertz CT molecular complexity index is 716. The van der Waals surface area contributed by atoms with Gasteiger partial charge in [0, 0.05) is 13.1 Å². The lowest BCUT2D eigenvalue weighted by Gasteiger charge is -2.19. The monoisotopic (exact) mass is 397 g/mol. The van der Waals surface area contributed by atoms with Crippen molar-refractivity contribution in [2.75, 3.05) is 13.7 Å². The smallest absolute Gasteiger partial charge is 0.161 e. The van der Waals surface area contributed by atoms with Gasteiger partial charge in [0.05, 0.1) is 13.7 Å². The molecule has 29 heavy (non-hydrogen) atoms. The molecule has 0 radical (unpaired) electrons. The largest absolute Gasteiger partial charge is 0.493 e. The van der Waals surface area contributed by atoms with Gasteiger partial charge in [-0.25, -0.2) is 0 Å². The van der Waals surface area contributed by atoms with Crippen LogP contribution < -0.4 is 14.8 Å². The van der Waals surface area contributed by atoms with Gasteiger partial charge in [0.1, 0.15) is 0 Å². The first-order valence-corrected chi connectivity index (χ1v) is 11.0. The van der Waals surface area contributed by atoms with E-state index >= 15 is 0 Å². The van der Waals surface area contributed by atoms with E-state index in [-0.39, 0.29) is 5.41 Å². The van der Waals surface area contributed by atoms with E-state index in [1.54, 1.807) is 7.11 Å². The summed E-state index contributed by atoms with van der Waals surface area (Å²) in [5, 5.41) is 3.52. The van der Waals surface area contributed by atoms with E-state index in [0.717, 1.165) is 37.6 Å². The zero-order valence-corrected chi connectivity index (χ0v) is 19.0. The molecule has 0 bridgehead atoms. The number of unbranched alkanes of at least 4 members (excludes halogenated alkanes) is 4. The van der Waals surface area contributed by atoms with Crippen LogP contribution in [0.4, 0.5) is 0 Å². The summed E-state index contributed by atoms with van der Waals surface area (Å²) in [6.45, 7) is 11.4. The average molecular weight is 398 g/mol. The Morgan fingerprint density at radius 3 is 2.10 bits per heavy atom. The van der Waals surface area contributed by atoms with E-state index in [0.29, 0.717) is 0 Å². The molecule has 2 rings (SSSR count). The van der Waals surface area contributed by atoms with Crippen LogP contribution in [-0.4, -0.2) is 13.7 Å². The summed E-state index contributed by atoms with van der Waals surface area (Å²) in [5.74, 6) is 1.65. The molecule has 1 N–H and O–H groups in total. The summed E-state index contributed by atoms with van der Waals surface area (Å²) >= 11 is 0. The molecule has 0 aliphatic rings. The van der Waals surface area contributed by atoms with Crippen molar-refractivity contribution in [2.24, 2.45) is 0 Å². The fourth-order valence-electron chi connectivity index (χ4n) is 3.30. The number of benzene rings is 2. The zero-order chi connectivity index (χ0) is 21.1. The molecule has 0 aromatic heterocycles. The van der Waals surface area contributed by atoms with Crippen molar-refractivity contribution in [3.8, 4) is 11.5 Å². The Hall–Kier alpha value is -2.00. The Kier molecular flexibility index (Phi) is 9.53. The van der Waals surface area contributed by atoms with Crippen molar-refractivity contribution >= 4 is 0 Å². The van der Waals surface area contributed by atoms with Gasteiger partial charge in [-0.2, -0.15) is 0 Å². The van der Waals surface area contributed by atoms with E-state index < -0.39 is 0 Å². The quantitative estimate of drug-likeness (QED) is 0.408. The molecule has 160 valence electrons. The van der Waals surface area contributed by atoms with Gasteiger partial charge >= 0.3 is 0 Å². The highest BCUT2D eigenvalue weighted by molar-refractivity contribution is 5.43. The maximum atomic E-state index is 5.93. The first-order valence-electron chi connectivity index (χ1n) is 11.0. The first kappa shape index (κ1) is 23.3. The summed E-state index contributed by atoms with van der Waals surface area (Å²) in [6, 6.07) is 15.1. The molecule has 0 aliphatic carbocycles. The third-order valence-corrected chi connectivity index (χ3v) is 5.21. The minimum atomic E-state index is 0.196.